The Morgan fingerprint density at radius 1 is 0.969 bits per heavy atom. The molecule has 1 unspecified atom stereocenters. The van der Waals surface area contributed by atoms with Crippen molar-refractivity contribution >= 4 is 17.5 Å². The van der Waals surface area contributed by atoms with Gasteiger partial charge in [-0.1, -0.05) is 18.2 Å². The van der Waals surface area contributed by atoms with E-state index >= 15 is 0 Å². The number of anilines is 1. The Morgan fingerprint density at radius 3 is 2.38 bits per heavy atom. The van der Waals surface area contributed by atoms with Gasteiger partial charge in [0.2, 0.25) is 6.79 Å². The average molecular weight is 439 g/mol. The molecule has 1 saturated heterocycles. The van der Waals surface area contributed by atoms with Gasteiger partial charge in [-0.3, -0.25) is 14.5 Å². The van der Waals surface area contributed by atoms with Gasteiger partial charge in [0, 0.05) is 32.9 Å². The highest BCUT2D eigenvalue weighted by molar-refractivity contribution is 6.35. The van der Waals surface area contributed by atoms with Crippen LogP contribution in [0, 0.1) is 0 Å². The van der Waals surface area contributed by atoms with Crippen LogP contribution in [0.5, 0.6) is 11.5 Å². The van der Waals surface area contributed by atoms with Crippen molar-refractivity contribution in [3.63, 3.8) is 0 Å². The molecule has 0 radical (unpaired) electrons. The molecule has 1 atom stereocenters. The van der Waals surface area contributed by atoms with Crippen molar-refractivity contribution in [1.29, 1.82) is 0 Å². The molecule has 2 aromatic rings. The van der Waals surface area contributed by atoms with Gasteiger partial charge in [-0.25, -0.2) is 0 Å². The third kappa shape index (κ3) is 5.13. The first-order valence-electron chi connectivity index (χ1n) is 11.0. The topological polar surface area (TPSA) is 83.1 Å². The maximum absolute atomic E-state index is 12.5. The lowest BCUT2D eigenvalue weighted by Gasteiger charge is -2.28. The number of carbonyl (C=O) groups excluding carboxylic acids is 2. The second kappa shape index (κ2) is 9.91. The average Bonchev–Trinajstić information content (AvgIpc) is 3.49. The van der Waals surface area contributed by atoms with E-state index < -0.39 is 11.8 Å². The van der Waals surface area contributed by atoms with Gasteiger partial charge in [0.1, 0.15) is 0 Å². The highest BCUT2D eigenvalue weighted by atomic mass is 16.7. The maximum atomic E-state index is 12.5. The molecule has 1 fully saturated rings. The molecule has 2 aliphatic rings. The summed E-state index contributed by atoms with van der Waals surface area (Å²) in [6, 6.07) is 13.9. The van der Waals surface area contributed by atoms with E-state index in [2.05, 4.69) is 44.7 Å². The molecular weight excluding hydrogens is 408 g/mol. The van der Waals surface area contributed by atoms with Crippen molar-refractivity contribution in [1.82, 2.24) is 15.5 Å². The largest absolute Gasteiger partial charge is 0.454 e. The summed E-state index contributed by atoms with van der Waals surface area (Å²) >= 11 is 0. The number of hydrogen-bond donors (Lipinski definition) is 2. The van der Waals surface area contributed by atoms with E-state index in [4.69, 9.17) is 9.47 Å². The van der Waals surface area contributed by atoms with Crippen LogP contribution in [0.15, 0.2) is 42.5 Å². The fourth-order valence-electron chi connectivity index (χ4n) is 4.09. The molecule has 2 N–H and O–H groups in total. The van der Waals surface area contributed by atoms with E-state index in [1.54, 1.807) is 12.1 Å². The van der Waals surface area contributed by atoms with Crippen molar-refractivity contribution in [3.05, 3.63) is 53.6 Å². The predicted octanol–water partition coefficient (Wildman–Crippen LogP) is 2.05. The zero-order valence-electron chi connectivity index (χ0n) is 18.6. The number of nitrogens with one attached hydrogen (secondary N) is 2. The van der Waals surface area contributed by atoms with Crippen molar-refractivity contribution in [2.45, 2.75) is 25.4 Å². The number of amides is 2. The van der Waals surface area contributed by atoms with Gasteiger partial charge >= 0.3 is 11.8 Å². The summed E-state index contributed by atoms with van der Waals surface area (Å²) in [6.45, 7) is 2.81. The summed E-state index contributed by atoms with van der Waals surface area (Å²) in [5, 5.41) is 5.50. The van der Waals surface area contributed by atoms with Crippen LogP contribution in [0.1, 0.15) is 30.0 Å². The van der Waals surface area contributed by atoms with Gasteiger partial charge in [-0.15, -0.1) is 0 Å². The Balaban J connectivity index is 1.33. The molecule has 0 bridgehead atoms. The van der Waals surface area contributed by atoms with E-state index in [0.717, 1.165) is 42.7 Å². The minimum atomic E-state index is -0.647. The van der Waals surface area contributed by atoms with Crippen LogP contribution in [0.4, 0.5) is 5.69 Å². The summed E-state index contributed by atoms with van der Waals surface area (Å²) in [6.07, 6.45) is 2.30. The normalized spacial score (nSPS) is 15.9. The molecule has 0 aromatic heterocycles. The monoisotopic (exact) mass is 438 g/mol. The molecule has 4 rings (SSSR count). The van der Waals surface area contributed by atoms with Gasteiger partial charge in [-0.05, 0) is 61.3 Å². The minimum Gasteiger partial charge on any atom is -0.454 e. The Labute approximate surface area is 188 Å². The van der Waals surface area contributed by atoms with Crippen molar-refractivity contribution < 1.29 is 19.1 Å². The molecule has 2 aliphatic heterocycles. The molecule has 8 nitrogen and oxygen atoms in total. The fourth-order valence-corrected chi connectivity index (χ4v) is 4.09. The van der Waals surface area contributed by atoms with Crippen LogP contribution in [-0.2, 0) is 16.1 Å². The zero-order chi connectivity index (χ0) is 22.5. The maximum Gasteiger partial charge on any atom is 0.309 e. The van der Waals surface area contributed by atoms with E-state index in [1.807, 2.05) is 20.2 Å². The highest BCUT2D eigenvalue weighted by Crippen LogP contribution is 2.32. The first-order valence-corrected chi connectivity index (χ1v) is 11.0. The van der Waals surface area contributed by atoms with E-state index in [-0.39, 0.29) is 19.4 Å². The summed E-state index contributed by atoms with van der Waals surface area (Å²) in [5.74, 6) is 0.0602. The number of rotatable bonds is 7. The zero-order valence-corrected chi connectivity index (χ0v) is 18.6. The van der Waals surface area contributed by atoms with Crippen molar-refractivity contribution in [2.24, 2.45) is 0 Å². The molecule has 0 spiro atoms. The second-order valence-corrected chi connectivity index (χ2v) is 8.33. The first-order chi connectivity index (χ1) is 15.5. The Bertz CT molecular complexity index is 955. The minimum absolute atomic E-state index is 0.0410. The van der Waals surface area contributed by atoms with Crippen molar-refractivity contribution in [3.8, 4) is 11.5 Å². The molecule has 32 heavy (non-hydrogen) atoms. The summed E-state index contributed by atoms with van der Waals surface area (Å²) in [4.78, 5) is 29.2. The molecule has 0 saturated carbocycles. The fraction of sp³-hybridized carbons (Fsp3) is 0.417. The predicted molar refractivity (Wildman–Crippen MR) is 122 cm³/mol. The number of likely N-dealkylation sites (tertiary alicyclic amines) is 1. The van der Waals surface area contributed by atoms with Gasteiger partial charge < -0.3 is 25.0 Å². The molecule has 2 heterocycles. The van der Waals surface area contributed by atoms with Crippen molar-refractivity contribution in [2.75, 3.05) is 45.4 Å². The van der Waals surface area contributed by atoms with Crippen LogP contribution < -0.4 is 25.0 Å². The molecule has 8 heteroatoms. The number of ether oxygens (including phenoxy) is 2. The van der Waals surface area contributed by atoms with Crippen LogP contribution in [0.2, 0.25) is 0 Å². The summed E-state index contributed by atoms with van der Waals surface area (Å²) < 4.78 is 10.6. The van der Waals surface area contributed by atoms with Crippen LogP contribution in [0.3, 0.4) is 0 Å². The van der Waals surface area contributed by atoms with Gasteiger partial charge in [0.25, 0.3) is 0 Å². The smallest absolute Gasteiger partial charge is 0.309 e. The van der Waals surface area contributed by atoms with E-state index in [1.165, 1.54) is 0 Å². The summed E-state index contributed by atoms with van der Waals surface area (Å²) in [7, 11) is 4.02. The van der Waals surface area contributed by atoms with Crippen LogP contribution in [-0.4, -0.2) is 57.2 Å². The van der Waals surface area contributed by atoms with Gasteiger partial charge in [0.15, 0.2) is 11.5 Å². The van der Waals surface area contributed by atoms with E-state index in [0.29, 0.717) is 18.0 Å². The van der Waals surface area contributed by atoms with Gasteiger partial charge in [-0.2, -0.15) is 0 Å². The number of nitrogens with zero attached hydrogens (tertiary/aromatic N) is 2. The Morgan fingerprint density at radius 2 is 1.66 bits per heavy atom. The molecule has 2 amide bonds. The Kier molecular flexibility index (Phi) is 6.80. The molecule has 170 valence electrons. The van der Waals surface area contributed by atoms with E-state index in [9.17, 15) is 9.59 Å². The Hall–Kier alpha value is -3.26. The standard InChI is InChI=1S/C24H30N4O4/c1-27(2)19-8-6-18(7-9-19)20(28-11-3-4-12-28)15-26-24(30)23(29)25-14-17-5-10-21-22(13-17)32-16-31-21/h5-10,13,20H,3-4,11-12,14-16H2,1-2H3,(H,25,29)(H,26,30). The lowest BCUT2D eigenvalue weighted by molar-refractivity contribution is -0.139. The molecular formula is C24H30N4O4. The van der Waals surface area contributed by atoms with Crippen LogP contribution >= 0.6 is 0 Å². The van der Waals surface area contributed by atoms with Gasteiger partial charge in [0.05, 0.1) is 6.04 Å². The molecule has 2 aromatic carbocycles. The SMILES string of the molecule is CN(C)c1ccc(C(CNC(=O)C(=O)NCc2ccc3c(c2)OCO3)N2CCCC2)cc1. The first kappa shape index (κ1) is 22.0. The summed E-state index contributed by atoms with van der Waals surface area (Å²) in [5.41, 5.74) is 3.10. The molecule has 0 aliphatic carbocycles. The number of fused-ring (bicyclic) bond motifs is 1. The quantitative estimate of drug-likeness (QED) is 0.644. The highest BCUT2D eigenvalue weighted by Gasteiger charge is 2.25. The third-order valence-corrected chi connectivity index (χ3v) is 5.93. The third-order valence-electron chi connectivity index (χ3n) is 5.93. The lowest BCUT2D eigenvalue weighted by Crippen LogP contribution is -2.43. The number of benzene rings is 2. The van der Waals surface area contributed by atoms with Crippen LogP contribution in [0.25, 0.3) is 0 Å². The number of carbonyl (C=O) groups is 2. The number of hydrogen-bond acceptors (Lipinski definition) is 6. The second-order valence-electron chi connectivity index (χ2n) is 8.33. The lowest BCUT2D eigenvalue weighted by atomic mass is 10.0.